The predicted octanol–water partition coefficient (Wildman–Crippen LogP) is 0.652. The van der Waals surface area contributed by atoms with Gasteiger partial charge in [0, 0.05) is 26.3 Å². The lowest BCUT2D eigenvalue weighted by Crippen LogP contribution is -2.41. The Morgan fingerprint density at radius 1 is 1.36 bits per heavy atom. The summed E-state index contributed by atoms with van der Waals surface area (Å²) in [5.41, 5.74) is -0.150. The van der Waals surface area contributed by atoms with E-state index in [-0.39, 0.29) is 12.2 Å². The van der Waals surface area contributed by atoms with Crippen LogP contribution in [-0.4, -0.2) is 33.9 Å². The fraction of sp³-hybridized carbons (Fsp3) is 0.308. The SMILES string of the molecule is CC(=O)NC(Cc1ccc(OC(C)=O)c([N+](=O)[O-])c1)C(=O)O. The molecule has 0 saturated heterocycles. The molecule has 0 radical (unpaired) electrons. The molecule has 0 saturated carbocycles. The first-order valence-electron chi connectivity index (χ1n) is 6.16. The maximum absolute atomic E-state index is 11.1. The number of carboxylic acids is 1. The number of benzene rings is 1. The Morgan fingerprint density at radius 2 is 2.00 bits per heavy atom. The third-order valence-electron chi connectivity index (χ3n) is 2.59. The number of nitro groups is 1. The van der Waals surface area contributed by atoms with E-state index in [4.69, 9.17) is 9.84 Å². The monoisotopic (exact) mass is 310 g/mol. The van der Waals surface area contributed by atoms with Crippen molar-refractivity contribution in [3.05, 3.63) is 33.9 Å². The largest absolute Gasteiger partial charge is 0.480 e. The van der Waals surface area contributed by atoms with Gasteiger partial charge in [0.2, 0.25) is 11.7 Å². The molecule has 1 amide bonds. The Morgan fingerprint density at radius 3 is 2.45 bits per heavy atom. The van der Waals surface area contributed by atoms with Crippen LogP contribution in [0.5, 0.6) is 5.75 Å². The van der Waals surface area contributed by atoms with Crippen molar-refractivity contribution in [3.63, 3.8) is 0 Å². The van der Waals surface area contributed by atoms with E-state index < -0.39 is 34.5 Å². The Hall–Kier alpha value is -2.97. The van der Waals surface area contributed by atoms with Crippen LogP contribution in [-0.2, 0) is 20.8 Å². The number of nitrogens with one attached hydrogen (secondary N) is 1. The molecule has 0 aliphatic rings. The van der Waals surface area contributed by atoms with Crippen LogP contribution in [0.25, 0.3) is 0 Å². The predicted molar refractivity (Wildman–Crippen MR) is 73.3 cm³/mol. The lowest BCUT2D eigenvalue weighted by Gasteiger charge is -2.13. The van der Waals surface area contributed by atoms with Crippen molar-refractivity contribution < 1.29 is 29.2 Å². The molecule has 1 atom stereocenters. The van der Waals surface area contributed by atoms with E-state index in [0.717, 1.165) is 13.0 Å². The summed E-state index contributed by atoms with van der Waals surface area (Å²) in [4.78, 5) is 43.1. The van der Waals surface area contributed by atoms with Crippen molar-refractivity contribution in [2.24, 2.45) is 0 Å². The lowest BCUT2D eigenvalue weighted by atomic mass is 10.0. The van der Waals surface area contributed by atoms with E-state index in [9.17, 15) is 24.5 Å². The molecule has 0 spiro atoms. The quantitative estimate of drug-likeness (QED) is 0.341. The van der Waals surface area contributed by atoms with Crippen LogP contribution in [0, 0.1) is 10.1 Å². The van der Waals surface area contributed by atoms with Crippen molar-refractivity contribution in [3.8, 4) is 5.75 Å². The van der Waals surface area contributed by atoms with Gasteiger partial charge >= 0.3 is 17.6 Å². The van der Waals surface area contributed by atoms with E-state index in [1.54, 1.807) is 0 Å². The van der Waals surface area contributed by atoms with E-state index >= 15 is 0 Å². The first-order valence-corrected chi connectivity index (χ1v) is 6.16. The minimum Gasteiger partial charge on any atom is -0.480 e. The summed E-state index contributed by atoms with van der Waals surface area (Å²) in [6.07, 6.45) is -0.143. The highest BCUT2D eigenvalue weighted by Gasteiger charge is 2.22. The smallest absolute Gasteiger partial charge is 0.326 e. The molecule has 22 heavy (non-hydrogen) atoms. The van der Waals surface area contributed by atoms with Gasteiger partial charge in [-0.15, -0.1) is 0 Å². The second-order valence-electron chi connectivity index (χ2n) is 4.45. The molecular weight excluding hydrogens is 296 g/mol. The highest BCUT2D eigenvalue weighted by atomic mass is 16.6. The summed E-state index contributed by atoms with van der Waals surface area (Å²) >= 11 is 0. The molecule has 9 heteroatoms. The topological polar surface area (TPSA) is 136 Å². The van der Waals surface area contributed by atoms with Crippen LogP contribution in [0.3, 0.4) is 0 Å². The second-order valence-corrected chi connectivity index (χ2v) is 4.45. The van der Waals surface area contributed by atoms with Gasteiger partial charge in [0.15, 0.2) is 0 Å². The molecule has 9 nitrogen and oxygen atoms in total. The van der Waals surface area contributed by atoms with Gasteiger partial charge in [-0.3, -0.25) is 19.7 Å². The van der Waals surface area contributed by atoms with E-state index in [0.29, 0.717) is 5.56 Å². The van der Waals surface area contributed by atoms with Gasteiger partial charge in [-0.1, -0.05) is 6.07 Å². The molecule has 1 unspecified atom stereocenters. The lowest BCUT2D eigenvalue weighted by molar-refractivity contribution is -0.385. The minimum absolute atomic E-state index is 0.143. The van der Waals surface area contributed by atoms with Crippen LogP contribution in [0.15, 0.2) is 18.2 Å². The maximum Gasteiger partial charge on any atom is 0.326 e. The Kier molecular flexibility index (Phi) is 5.56. The van der Waals surface area contributed by atoms with E-state index in [2.05, 4.69) is 5.32 Å². The number of carbonyl (C=O) groups is 3. The summed E-state index contributed by atoms with van der Waals surface area (Å²) in [5, 5.41) is 22.2. The number of carboxylic acid groups (broad SMARTS) is 1. The van der Waals surface area contributed by atoms with Crippen LogP contribution in [0.4, 0.5) is 5.69 Å². The van der Waals surface area contributed by atoms with Gasteiger partial charge in [-0.25, -0.2) is 4.79 Å². The molecule has 2 N–H and O–H groups in total. The molecule has 0 bridgehead atoms. The minimum atomic E-state index is -1.26. The molecule has 1 rings (SSSR count). The third kappa shape index (κ3) is 4.85. The summed E-state index contributed by atoms with van der Waals surface area (Å²) in [6.45, 7) is 2.27. The van der Waals surface area contributed by atoms with Gasteiger partial charge in [0.1, 0.15) is 6.04 Å². The highest BCUT2D eigenvalue weighted by molar-refractivity contribution is 5.82. The number of aliphatic carboxylic acids is 1. The Balaban J connectivity index is 3.07. The average molecular weight is 310 g/mol. The number of rotatable bonds is 6. The summed E-state index contributed by atoms with van der Waals surface area (Å²) in [7, 11) is 0. The number of nitrogens with zero attached hydrogens (tertiary/aromatic N) is 1. The number of nitro benzene ring substituents is 1. The molecule has 0 aliphatic heterocycles. The number of ether oxygens (including phenoxy) is 1. The zero-order chi connectivity index (χ0) is 16.9. The van der Waals surface area contributed by atoms with Crippen molar-refractivity contribution in [1.29, 1.82) is 0 Å². The molecule has 1 aromatic carbocycles. The molecule has 0 fully saturated rings. The van der Waals surface area contributed by atoms with Crippen molar-refractivity contribution in [2.45, 2.75) is 26.3 Å². The first kappa shape index (κ1) is 17.1. The molecule has 1 aromatic rings. The summed E-state index contributed by atoms with van der Waals surface area (Å²) in [5.74, 6) is -2.73. The van der Waals surface area contributed by atoms with Crippen molar-refractivity contribution in [2.75, 3.05) is 0 Å². The van der Waals surface area contributed by atoms with Gasteiger partial charge in [0.25, 0.3) is 0 Å². The van der Waals surface area contributed by atoms with Gasteiger partial charge in [0.05, 0.1) is 4.92 Å². The normalized spacial score (nSPS) is 11.4. The van der Waals surface area contributed by atoms with Crippen LogP contribution >= 0.6 is 0 Å². The Bertz CT molecular complexity index is 627. The van der Waals surface area contributed by atoms with Crippen LogP contribution in [0.1, 0.15) is 19.4 Å². The first-order chi connectivity index (χ1) is 10.2. The van der Waals surface area contributed by atoms with E-state index in [1.165, 1.54) is 19.1 Å². The molecule has 0 heterocycles. The second kappa shape index (κ2) is 7.16. The number of amides is 1. The van der Waals surface area contributed by atoms with Crippen LogP contribution in [0.2, 0.25) is 0 Å². The average Bonchev–Trinajstić information content (AvgIpc) is 2.38. The molecular formula is C13H14N2O7. The van der Waals surface area contributed by atoms with Crippen molar-refractivity contribution in [1.82, 2.24) is 5.32 Å². The number of hydrogen-bond acceptors (Lipinski definition) is 6. The molecule has 118 valence electrons. The van der Waals surface area contributed by atoms with Gasteiger partial charge in [-0.2, -0.15) is 0 Å². The summed E-state index contributed by atoms with van der Waals surface area (Å²) < 4.78 is 4.71. The Labute approximate surface area is 125 Å². The fourth-order valence-corrected chi connectivity index (χ4v) is 1.75. The zero-order valence-corrected chi connectivity index (χ0v) is 11.9. The molecule has 0 aromatic heterocycles. The zero-order valence-electron chi connectivity index (χ0n) is 11.9. The van der Waals surface area contributed by atoms with Gasteiger partial charge < -0.3 is 15.2 Å². The fourth-order valence-electron chi connectivity index (χ4n) is 1.75. The third-order valence-corrected chi connectivity index (χ3v) is 2.59. The molecule has 0 aliphatic carbocycles. The number of carbonyl (C=O) groups excluding carboxylic acids is 2. The van der Waals surface area contributed by atoms with E-state index in [1.807, 2.05) is 0 Å². The standard InChI is InChI=1S/C13H14N2O7/c1-7(16)14-10(13(18)19)5-9-3-4-12(22-8(2)17)11(6-9)15(20)21/h3-4,6,10H,5H2,1-2H3,(H,14,16)(H,18,19). The maximum atomic E-state index is 11.1. The number of hydrogen-bond donors (Lipinski definition) is 2. The van der Waals surface area contributed by atoms with Crippen molar-refractivity contribution >= 4 is 23.5 Å². The summed E-state index contributed by atoms with van der Waals surface area (Å²) in [6, 6.07) is 2.50. The number of esters is 1. The van der Waals surface area contributed by atoms with Gasteiger partial charge in [-0.05, 0) is 11.6 Å². The highest BCUT2D eigenvalue weighted by Crippen LogP contribution is 2.28. The van der Waals surface area contributed by atoms with Crippen LogP contribution < -0.4 is 10.1 Å².